The third-order valence-corrected chi connectivity index (χ3v) is 3.46. The summed E-state index contributed by atoms with van der Waals surface area (Å²) in [5.41, 5.74) is 1.83. The molecule has 2 aromatic rings. The normalized spacial score (nSPS) is 10.4. The Bertz CT molecular complexity index is 612. The molecule has 0 saturated carbocycles. The Kier molecular flexibility index (Phi) is 4.00. The molecule has 0 N–H and O–H groups in total. The molecule has 19 heavy (non-hydrogen) atoms. The van der Waals surface area contributed by atoms with E-state index >= 15 is 0 Å². The molecule has 0 unspecified atom stereocenters. The monoisotopic (exact) mass is 253 g/mol. The van der Waals surface area contributed by atoms with Gasteiger partial charge in [-0.2, -0.15) is 0 Å². The smallest absolute Gasteiger partial charge is 0.254 e. The second kappa shape index (κ2) is 5.70. The number of carbonyl (C=O) groups is 1. The zero-order chi connectivity index (χ0) is 13.8. The minimum atomic E-state index is 0.0943. The predicted octanol–water partition coefficient (Wildman–Crippen LogP) is 3.96. The average Bonchev–Trinajstić information content (AvgIpc) is 2.47. The molecule has 2 rings (SSSR count). The maximum absolute atomic E-state index is 12.5. The van der Waals surface area contributed by atoms with Gasteiger partial charge in [0.2, 0.25) is 0 Å². The summed E-state index contributed by atoms with van der Waals surface area (Å²) in [6.45, 7) is 9.29. The third kappa shape index (κ3) is 2.39. The lowest BCUT2D eigenvalue weighted by Crippen LogP contribution is -2.30. The van der Waals surface area contributed by atoms with Crippen LogP contribution in [0, 0.1) is 0 Å². The summed E-state index contributed by atoms with van der Waals surface area (Å²) in [6.07, 6.45) is 1.83. The summed E-state index contributed by atoms with van der Waals surface area (Å²) in [6, 6.07) is 11.9. The van der Waals surface area contributed by atoms with Gasteiger partial charge in [0, 0.05) is 18.7 Å². The summed E-state index contributed by atoms with van der Waals surface area (Å²) in [4.78, 5) is 14.4. The largest absolute Gasteiger partial charge is 0.339 e. The van der Waals surface area contributed by atoms with Crippen LogP contribution in [0.3, 0.4) is 0 Å². The van der Waals surface area contributed by atoms with Crippen LogP contribution in [0.15, 0.2) is 43.0 Å². The summed E-state index contributed by atoms with van der Waals surface area (Å²) in [5, 5.41) is 2.08. The number of fused-ring (bicyclic) bond motifs is 1. The highest BCUT2D eigenvalue weighted by atomic mass is 16.2. The fourth-order valence-electron chi connectivity index (χ4n) is 2.38. The first-order chi connectivity index (χ1) is 9.22. The molecule has 0 spiro atoms. The Morgan fingerprint density at radius 3 is 2.37 bits per heavy atom. The number of amides is 1. The molecule has 0 aliphatic carbocycles. The SMILES string of the molecule is C=Cc1cccc2c(C(=O)N(CC)CC)cccc12. The van der Waals surface area contributed by atoms with Crippen LogP contribution in [0.1, 0.15) is 29.8 Å². The van der Waals surface area contributed by atoms with Crippen molar-refractivity contribution in [2.75, 3.05) is 13.1 Å². The van der Waals surface area contributed by atoms with Crippen LogP contribution in [0.25, 0.3) is 16.8 Å². The van der Waals surface area contributed by atoms with E-state index in [1.165, 1.54) is 0 Å². The number of benzene rings is 2. The van der Waals surface area contributed by atoms with E-state index in [2.05, 4.69) is 6.58 Å². The van der Waals surface area contributed by atoms with Gasteiger partial charge in [0.25, 0.3) is 5.91 Å². The highest BCUT2D eigenvalue weighted by molar-refractivity contribution is 6.08. The van der Waals surface area contributed by atoms with Crippen LogP contribution in [-0.4, -0.2) is 23.9 Å². The van der Waals surface area contributed by atoms with Crippen molar-refractivity contribution in [3.05, 3.63) is 54.1 Å². The van der Waals surface area contributed by atoms with Gasteiger partial charge in [-0.05, 0) is 36.2 Å². The number of hydrogen-bond acceptors (Lipinski definition) is 1. The summed E-state index contributed by atoms with van der Waals surface area (Å²) >= 11 is 0. The molecule has 2 heteroatoms. The molecule has 2 nitrogen and oxygen atoms in total. The molecule has 0 radical (unpaired) electrons. The zero-order valence-electron chi connectivity index (χ0n) is 11.5. The van der Waals surface area contributed by atoms with E-state index < -0.39 is 0 Å². The molecule has 0 aliphatic heterocycles. The number of hydrogen-bond donors (Lipinski definition) is 0. The summed E-state index contributed by atoms with van der Waals surface area (Å²) < 4.78 is 0. The lowest BCUT2D eigenvalue weighted by atomic mass is 9.99. The maximum Gasteiger partial charge on any atom is 0.254 e. The minimum absolute atomic E-state index is 0.0943. The van der Waals surface area contributed by atoms with Gasteiger partial charge in [-0.25, -0.2) is 0 Å². The van der Waals surface area contributed by atoms with Crippen LogP contribution < -0.4 is 0 Å². The van der Waals surface area contributed by atoms with Crippen LogP contribution in [0.5, 0.6) is 0 Å². The Hall–Kier alpha value is -2.09. The van der Waals surface area contributed by atoms with Gasteiger partial charge in [-0.1, -0.05) is 43.0 Å². The van der Waals surface area contributed by atoms with E-state index in [1.807, 2.05) is 61.2 Å². The first-order valence-electron chi connectivity index (χ1n) is 6.66. The Morgan fingerprint density at radius 2 is 1.74 bits per heavy atom. The molecule has 0 saturated heterocycles. The van der Waals surface area contributed by atoms with Gasteiger partial charge in [0.15, 0.2) is 0 Å². The van der Waals surface area contributed by atoms with E-state index in [0.29, 0.717) is 0 Å². The molecule has 1 amide bonds. The van der Waals surface area contributed by atoms with Gasteiger partial charge in [0.1, 0.15) is 0 Å². The lowest BCUT2D eigenvalue weighted by Gasteiger charge is -2.19. The first kappa shape index (κ1) is 13.3. The average molecular weight is 253 g/mol. The van der Waals surface area contributed by atoms with Gasteiger partial charge < -0.3 is 4.90 Å². The van der Waals surface area contributed by atoms with Crippen molar-refractivity contribution in [3.8, 4) is 0 Å². The van der Waals surface area contributed by atoms with Crippen molar-refractivity contribution in [2.45, 2.75) is 13.8 Å². The second-order valence-electron chi connectivity index (χ2n) is 4.43. The fourth-order valence-corrected chi connectivity index (χ4v) is 2.38. The Labute approximate surface area is 114 Å². The molecular weight excluding hydrogens is 234 g/mol. The molecule has 0 atom stereocenters. The van der Waals surface area contributed by atoms with Gasteiger partial charge in [-0.3, -0.25) is 4.79 Å². The molecule has 0 aromatic heterocycles. The Morgan fingerprint density at radius 1 is 1.11 bits per heavy atom. The Balaban J connectivity index is 2.62. The molecule has 98 valence electrons. The third-order valence-electron chi connectivity index (χ3n) is 3.46. The minimum Gasteiger partial charge on any atom is -0.339 e. The number of nitrogens with zero attached hydrogens (tertiary/aromatic N) is 1. The van der Waals surface area contributed by atoms with E-state index in [1.54, 1.807) is 0 Å². The van der Waals surface area contributed by atoms with Crippen LogP contribution >= 0.6 is 0 Å². The van der Waals surface area contributed by atoms with Gasteiger partial charge in [0.05, 0.1) is 0 Å². The first-order valence-corrected chi connectivity index (χ1v) is 6.66. The van der Waals surface area contributed by atoms with Crippen molar-refractivity contribution in [3.63, 3.8) is 0 Å². The number of carbonyl (C=O) groups excluding carboxylic acids is 1. The molecule has 0 fully saturated rings. The van der Waals surface area contributed by atoms with Crippen LogP contribution in [0.4, 0.5) is 0 Å². The molecule has 2 aromatic carbocycles. The highest BCUT2D eigenvalue weighted by Gasteiger charge is 2.15. The van der Waals surface area contributed by atoms with Crippen molar-refractivity contribution in [1.29, 1.82) is 0 Å². The van der Waals surface area contributed by atoms with E-state index in [-0.39, 0.29) is 5.91 Å². The van der Waals surface area contributed by atoms with Crippen molar-refractivity contribution in [2.24, 2.45) is 0 Å². The van der Waals surface area contributed by atoms with Gasteiger partial charge in [-0.15, -0.1) is 0 Å². The van der Waals surface area contributed by atoms with Gasteiger partial charge >= 0.3 is 0 Å². The zero-order valence-corrected chi connectivity index (χ0v) is 11.5. The van der Waals surface area contributed by atoms with Crippen molar-refractivity contribution >= 4 is 22.8 Å². The predicted molar refractivity (Wildman–Crippen MR) is 81.3 cm³/mol. The van der Waals surface area contributed by atoms with E-state index in [0.717, 1.165) is 35.0 Å². The van der Waals surface area contributed by atoms with Crippen molar-refractivity contribution in [1.82, 2.24) is 4.90 Å². The van der Waals surface area contributed by atoms with E-state index in [9.17, 15) is 4.79 Å². The fraction of sp³-hybridized carbons (Fsp3) is 0.235. The van der Waals surface area contributed by atoms with Crippen molar-refractivity contribution < 1.29 is 4.79 Å². The quantitative estimate of drug-likeness (QED) is 0.807. The molecule has 0 bridgehead atoms. The molecule has 0 heterocycles. The summed E-state index contributed by atoms with van der Waals surface area (Å²) in [7, 11) is 0. The summed E-state index contributed by atoms with van der Waals surface area (Å²) in [5.74, 6) is 0.0943. The highest BCUT2D eigenvalue weighted by Crippen LogP contribution is 2.24. The lowest BCUT2D eigenvalue weighted by molar-refractivity contribution is 0.0775. The second-order valence-corrected chi connectivity index (χ2v) is 4.43. The standard InChI is InChI=1S/C17H19NO/c1-4-13-9-7-11-15-14(13)10-8-12-16(15)17(19)18(5-2)6-3/h4,7-12H,1,5-6H2,2-3H3. The topological polar surface area (TPSA) is 20.3 Å². The number of rotatable bonds is 4. The van der Waals surface area contributed by atoms with Crippen LogP contribution in [-0.2, 0) is 0 Å². The molecular formula is C17H19NO. The molecule has 0 aliphatic rings. The van der Waals surface area contributed by atoms with Crippen LogP contribution in [0.2, 0.25) is 0 Å². The maximum atomic E-state index is 12.5. The van der Waals surface area contributed by atoms with E-state index in [4.69, 9.17) is 0 Å².